The van der Waals surface area contributed by atoms with Crippen LogP contribution in [0.15, 0.2) is 36.5 Å². The van der Waals surface area contributed by atoms with Gasteiger partial charge in [-0.05, 0) is 42.7 Å². The van der Waals surface area contributed by atoms with E-state index >= 15 is 0 Å². The Hall–Kier alpha value is -1.24. The van der Waals surface area contributed by atoms with Gasteiger partial charge in [0.05, 0.1) is 0 Å². The van der Waals surface area contributed by atoms with Gasteiger partial charge in [-0.2, -0.15) is 0 Å². The van der Waals surface area contributed by atoms with E-state index in [-0.39, 0.29) is 5.41 Å². The van der Waals surface area contributed by atoms with Crippen molar-refractivity contribution in [3.8, 4) is 0 Å². The average Bonchev–Trinajstić information content (AvgIpc) is 2.44. The highest BCUT2D eigenvalue weighted by Crippen LogP contribution is 2.35. The third kappa shape index (κ3) is 4.13. The van der Waals surface area contributed by atoms with Crippen LogP contribution in [0.1, 0.15) is 58.1 Å². The van der Waals surface area contributed by atoms with Crippen molar-refractivity contribution in [3.05, 3.63) is 47.7 Å². The number of benzene rings is 1. The summed E-state index contributed by atoms with van der Waals surface area (Å²) in [7, 11) is 2.14. The summed E-state index contributed by atoms with van der Waals surface area (Å²) >= 11 is 0. The Morgan fingerprint density at radius 3 is 2.40 bits per heavy atom. The lowest BCUT2D eigenvalue weighted by Crippen LogP contribution is -2.29. The highest BCUT2D eigenvalue weighted by Gasteiger charge is 2.27. The van der Waals surface area contributed by atoms with Gasteiger partial charge in [0.2, 0.25) is 0 Å². The van der Waals surface area contributed by atoms with Crippen LogP contribution in [0.3, 0.4) is 0 Å². The SMILES string of the molecule is C=C(C)N(C)CCC(C)(CCC)c1ccccc1CC. The zero-order chi connectivity index (χ0) is 15.2. The van der Waals surface area contributed by atoms with Crippen molar-refractivity contribution in [2.45, 2.75) is 58.8 Å². The van der Waals surface area contributed by atoms with Gasteiger partial charge in [0, 0.05) is 19.3 Å². The molecule has 0 heterocycles. The fraction of sp³-hybridized carbons (Fsp3) is 0.579. The molecule has 0 radical (unpaired) electrons. The van der Waals surface area contributed by atoms with Crippen molar-refractivity contribution >= 4 is 0 Å². The van der Waals surface area contributed by atoms with Gasteiger partial charge in [0.15, 0.2) is 0 Å². The Labute approximate surface area is 125 Å². The van der Waals surface area contributed by atoms with E-state index < -0.39 is 0 Å². The standard InChI is InChI=1S/C19H31N/c1-7-13-19(5,14-15-20(6)16(3)4)18-12-10-9-11-17(18)8-2/h9-12H,3,7-8,13-15H2,1-2,4-6H3. The molecule has 0 spiro atoms. The van der Waals surface area contributed by atoms with Crippen LogP contribution in [0.2, 0.25) is 0 Å². The van der Waals surface area contributed by atoms with Crippen LogP contribution >= 0.6 is 0 Å². The van der Waals surface area contributed by atoms with Crippen molar-refractivity contribution < 1.29 is 0 Å². The van der Waals surface area contributed by atoms with Gasteiger partial charge >= 0.3 is 0 Å². The number of allylic oxidation sites excluding steroid dienone is 1. The van der Waals surface area contributed by atoms with E-state index in [2.05, 4.69) is 70.5 Å². The summed E-state index contributed by atoms with van der Waals surface area (Å²) in [5.74, 6) is 0. The summed E-state index contributed by atoms with van der Waals surface area (Å²) in [5.41, 5.74) is 4.46. The molecule has 0 aliphatic carbocycles. The minimum Gasteiger partial charge on any atom is -0.379 e. The molecule has 0 fully saturated rings. The molecule has 1 unspecified atom stereocenters. The molecule has 1 atom stereocenters. The zero-order valence-corrected chi connectivity index (χ0v) is 14.0. The lowest BCUT2D eigenvalue weighted by atomic mass is 9.73. The molecule has 1 rings (SSSR count). The Kier molecular flexibility index (Phi) is 6.32. The molecule has 1 aromatic rings. The summed E-state index contributed by atoms with van der Waals surface area (Å²) in [6, 6.07) is 8.96. The van der Waals surface area contributed by atoms with E-state index in [1.807, 2.05) is 0 Å². The smallest absolute Gasteiger partial charge is 0.0179 e. The van der Waals surface area contributed by atoms with Crippen molar-refractivity contribution in [1.29, 1.82) is 0 Å². The largest absolute Gasteiger partial charge is 0.379 e. The van der Waals surface area contributed by atoms with Crippen molar-refractivity contribution in [2.24, 2.45) is 0 Å². The van der Waals surface area contributed by atoms with Crippen molar-refractivity contribution in [3.63, 3.8) is 0 Å². The number of hydrogen-bond acceptors (Lipinski definition) is 1. The highest BCUT2D eigenvalue weighted by atomic mass is 15.1. The topological polar surface area (TPSA) is 3.24 Å². The maximum absolute atomic E-state index is 4.03. The van der Waals surface area contributed by atoms with Crippen LogP contribution in [-0.4, -0.2) is 18.5 Å². The Bertz CT molecular complexity index is 435. The van der Waals surface area contributed by atoms with Gasteiger partial charge in [-0.1, -0.05) is 58.0 Å². The maximum atomic E-state index is 4.03. The van der Waals surface area contributed by atoms with Crippen LogP contribution in [0.25, 0.3) is 0 Å². The van der Waals surface area contributed by atoms with E-state index in [1.54, 1.807) is 5.56 Å². The normalized spacial score (nSPS) is 13.8. The summed E-state index contributed by atoms with van der Waals surface area (Å²) < 4.78 is 0. The zero-order valence-electron chi connectivity index (χ0n) is 14.0. The molecule has 0 aliphatic heterocycles. The number of hydrogen-bond donors (Lipinski definition) is 0. The van der Waals surface area contributed by atoms with Crippen molar-refractivity contribution in [1.82, 2.24) is 4.90 Å². The summed E-state index contributed by atoms with van der Waals surface area (Å²) in [6.45, 7) is 14.2. The van der Waals surface area contributed by atoms with E-state index in [1.165, 1.54) is 24.8 Å². The molecule has 0 amide bonds. The van der Waals surface area contributed by atoms with E-state index in [0.717, 1.165) is 18.7 Å². The van der Waals surface area contributed by atoms with Gasteiger partial charge in [0.25, 0.3) is 0 Å². The minimum absolute atomic E-state index is 0.269. The molecular formula is C19H31N. The third-order valence-electron chi connectivity index (χ3n) is 4.50. The molecule has 0 N–H and O–H groups in total. The molecule has 0 saturated carbocycles. The summed E-state index contributed by atoms with van der Waals surface area (Å²) in [4.78, 5) is 2.27. The molecular weight excluding hydrogens is 242 g/mol. The monoisotopic (exact) mass is 273 g/mol. The molecule has 0 bridgehead atoms. The summed E-state index contributed by atoms with van der Waals surface area (Å²) in [5, 5.41) is 0. The molecule has 1 heteroatoms. The predicted molar refractivity (Wildman–Crippen MR) is 90.1 cm³/mol. The van der Waals surface area contributed by atoms with Crippen molar-refractivity contribution in [2.75, 3.05) is 13.6 Å². The Morgan fingerprint density at radius 1 is 1.20 bits per heavy atom. The second-order valence-corrected chi connectivity index (χ2v) is 6.23. The lowest BCUT2D eigenvalue weighted by molar-refractivity contribution is 0.318. The van der Waals surface area contributed by atoms with Crippen LogP contribution in [0.4, 0.5) is 0 Å². The van der Waals surface area contributed by atoms with E-state index in [0.29, 0.717) is 0 Å². The fourth-order valence-electron chi connectivity index (χ4n) is 2.97. The minimum atomic E-state index is 0.269. The van der Waals surface area contributed by atoms with Gasteiger partial charge in [-0.15, -0.1) is 0 Å². The molecule has 112 valence electrons. The first kappa shape index (κ1) is 16.8. The number of nitrogens with zero attached hydrogens (tertiary/aromatic N) is 1. The van der Waals surface area contributed by atoms with Crippen LogP contribution in [-0.2, 0) is 11.8 Å². The quantitative estimate of drug-likeness (QED) is 0.632. The van der Waals surface area contributed by atoms with Crippen LogP contribution in [0.5, 0.6) is 0 Å². The second kappa shape index (κ2) is 7.52. The molecule has 20 heavy (non-hydrogen) atoms. The van der Waals surface area contributed by atoms with Crippen LogP contribution < -0.4 is 0 Å². The summed E-state index contributed by atoms with van der Waals surface area (Å²) in [6.07, 6.45) is 4.77. The van der Waals surface area contributed by atoms with Gasteiger partial charge in [-0.25, -0.2) is 0 Å². The van der Waals surface area contributed by atoms with Gasteiger partial charge < -0.3 is 4.90 Å². The van der Waals surface area contributed by atoms with Gasteiger partial charge in [-0.3, -0.25) is 0 Å². The molecule has 1 aromatic carbocycles. The molecule has 1 nitrogen and oxygen atoms in total. The lowest BCUT2D eigenvalue weighted by Gasteiger charge is -2.34. The fourth-order valence-corrected chi connectivity index (χ4v) is 2.97. The predicted octanol–water partition coefficient (Wildman–Crippen LogP) is 5.16. The van der Waals surface area contributed by atoms with Gasteiger partial charge in [0.1, 0.15) is 0 Å². The Balaban J connectivity index is 2.98. The molecule has 0 aliphatic rings. The number of rotatable bonds is 8. The average molecular weight is 273 g/mol. The maximum Gasteiger partial charge on any atom is 0.0179 e. The third-order valence-corrected chi connectivity index (χ3v) is 4.50. The van der Waals surface area contributed by atoms with E-state index in [9.17, 15) is 0 Å². The highest BCUT2D eigenvalue weighted by molar-refractivity contribution is 5.34. The first-order valence-electron chi connectivity index (χ1n) is 7.89. The van der Waals surface area contributed by atoms with E-state index in [4.69, 9.17) is 0 Å². The van der Waals surface area contributed by atoms with Crippen LogP contribution in [0, 0.1) is 0 Å². The molecule has 0 aromatic heterocycles. The first-order chi connectivity index (χ1) is 9.44. The second-order valence-electron chi connectivity index (χ2n) is 6.23. The number of aryl methyl sites for hydroxylation is 1. The Morgan fingerprint density at radius 2 is 1.85 bits per heavy atom. The molecule has 0 saturated heterocycles. The first-order valence-corrected chi connectivity index (χ1v) is 7.89.